The van der Waals surface area contributed by atoms with Crippen molar-refractivity contribution in [3.63, 3.8) is 0 Å². The molecule has 0 bridgehead atoms. The predicted octanol–water partition coefficient (Wildman–Crippen LogP) is 2.61. The maximum Gasteiger partial charge on any atom is 0.132 e. The molecule has 0 saturated carbocycles. The van der Waals surface area contributed by atoms with E-state index in [-0.39, 0.29) is 0 Å². The molecular weight excluding hydrogens is 222 g/mol. The van der Waals surface area contributed by atoms with Crippen LogP contribution in [-0.4, -0.2) is 23.1 Å². The molecule has 0 radical (unpaired) electrons. The summed E-state index contributed by atoms with van der Waals surface area (Å²) in [5.74, 6) is 1.51. The lowest BCUT2D eigenvalue weighted by atomic mass is 9.97. The minimum Gasteiger partial charge on any atom is -0.317 e. The van der Waals surface area contributed by atoms with Crippen molar-refractivity contribution in [1.29, 1.82) is 0 Å². The van der Waals surface area contributed by atoms with E-state index in [1.807, 2.05) is 30.5 Å². The molecule has 1 N–H and O–H groups in total. The van der Waals surface area contributed by atoms with Gasteiger partial charge in [0.1, 0.15) is 5.82 Å². The lowest BCUT2D eigenvalue weighted by Crippen LogP contribution is -2.27. The van der Waals surface area contributed by atoms with Gasteiger partial charge in [-0.3, -0.25) is 0 Å². The average molecular weight is 239 g/mol. The SMILES string of the molecule is c1ccc(-c2ccnc(C3CCNCC3)n2)cc1. The zero-order valence-corrected chi connectivity index (χ0v) is 10.3. The van der Waals surface area contributed by atoms with Crippen molar-refractivity contribution < 1.29 is 0 Å². The molecule has 1 aromatic heterocycles. The fraction of sp³-hybridized carbons (Fsp3) is 0.333. The molecule has 0 unspecified atom stereocenters. The lowest BCUT2D eigenvalue weighted by Gasteiger charge is -2.21. The molecule has 1 aliphatic heterocycles. The predicted molar refractivity (Wildman–Crippen MR) is 72.3 cm³/mol. The van der Waals surface area contributed by atoms with Gasteiger partial charge in [0.2, 0.25) is 0 Å². The molecule has 18 heavy (non-hydrogen) atoms. The Labute approximate surface area is 107 Å². The third kappa shape index (κ3) is 2.41. The van der Waals surface area contributed by atoms with Gasteiger partial charge in [-0.2, -0.15) is 0 Å². The molecule has 1 saturated heterocycles. The van der Waals surface area contributed by atoms with Gasteiger partial charge in [0.15, 0.2) is 0 Å². The maximum atomic E-state index is 4.73. The highest BCUT2D eigenvalue weighted by Gasteiger charge is 2.17. The van der Waals surface area contributed by atoms with E-state index in [1.54, 1.807) is 0 Å². The minimum atomic E-state index is 0.509. The van der Waals surface area contributed by atoms with Gasteiger partial charge >= 0.3 is 0 Å². The summed E-state index contributed by atoms with van der Waals surface area (Å²) in [6, 6.07) is 12.3. The van der Waals surface area contributed by atoms with Crippen LogP contribution in [0.3, 0.4) is 0 Å². The molecule has 2 aromatic rings. The second-order valence-electron chi connectivity index (χ2n) is 4.69. The van der Waals surface area contributed by atoms with Crippen LogP contribution in [0.2, 0.25) is 0 Å². The van der Waals surface area contributed by atoms with Gasteiger partial charge in [0.25, 0.3) is 0 Å². The van der Waals surface area contributed by atoms with E-state index in [9.17, 15) is 0 Å². The van der Waals surface area contributed by atoms with Crippen LogP contribution in [0, 0.1) is 0 Å². The summed E-state index contributed by atoms with van der Waals surface area (Å²) < 4.78 is 0. The molecule has 0 aliphatic carbocycles. The van der Waals surface area contributed by atoms with Crippen molar-refractivity contribution >= 4 is 0 Å². The highest BCUT2D eigenvalue weighted by Crippen LogP contribution is 2.24. The molecule has 92 valence electrons. The highest BCUT2D eigenvalue weighted by atomic mass is 14.9. The van der Waals surface area contributed by atoms with Gasteiger partial charge in [-0.15, -0.1) is 0 Å². The Bertz CT molecular complexity index is 504. The second kappa shape index (κ2) is 5.27. The Morgan fingerprint density at radius 2 is 1.78 bits per heavy atom. The van der Waals surface area contributed by atoms with Crippen LogP contribution in [0.4, 0.5) is 0 Å². The van der Waals surface area contributed by atoms with E-state index in [1.165, 1.54) is 0 Å². The first-order chi connectivity index (χ1) is 8.93. The first kappa shape index (κ1) is 11.4. The van der Waals surface area contributed by atoms with Gasteiger partial charge in [-0.05, 0) is 32.0 Å². The summed E-state index contributed by atoms with van der Waals surface area (Å²) in [6.07, 6.45) is 4.16. The van der Waals surface area contributed by atoms with E-state index in [0.29, 0.717) is 5.92 Å². The summed E-state index contributed by atoms with van der Waals surface area (Å²) in [5.41, 5.74) is 2.19. The quantitative estimate of drug-likeness (QED) is 0.875. The fourth-order valence-electron chi connectivity index (χ4n) is 2.42. The smallest absolute Gasteiger partial charge is 0.132 e. The van der Waals surface area contributed by atoms with Gasteiger partial charge in [-0.1, -0.05) is 30.3 Å². The molecule has 3 nitrogen and oxygen atoms in total. The van der Waals surface area contributed by atoms with Gasteiger partial charge < -0.3 is 5.32 Å². The molecule has 3 heteroatoms. The standard InChI is InChI=1S/C15H17N3/c1-2-4-12(5-3-1)14-8-11-17-15(18-14)13-6-9-16-10-7-13/h1-5,8,11,13,16H,6-7,9-10H2. The highest BCUT2D eigenvalue weighted by molar-refractivity contribution is 5.58. The van der Waals surface area contributed by atoms with Crippen LogP contribution in [0.5, 0.6) is 0 Å². The molecule has 0 spiro atoms. The Balaban J connectivity index is 1.89. The second-order valence-corrected chi connectivity index (χ2v) is 4.69. The minimum absolute atomic E-state index is 0.509. The Hall–Kier alpha value is -1.74. The molecule has 2 heterocycles. The molecule has 1 aromatic carbocycles. The van der Waals surface area contributed by atoms with E-state index in [4.69, 9.17) is 4.98 Å². The van der Waals surface area contributed by atoms with Crippen molar-refractivity contribution in [3.05, 3.63) is 48.4 Å². The third-order valence-corrected chi connectivity index (χ3v) is 3.45. The summed E-state index contributed by atoms with van der Waals surface area (Å²) in [4.78, 5) is 9.18. The van der Waals surface area contributed by atoms with E-state index < -0.39 is 0 Å². The van der Waals surface area contributed by atoms with E-state index in [0.717, 1.165) is 43.0 Å². The third-order valence-electron chi connectivity index (χ3n) is 3.45. The summed E-state index contributed by atoms with van der Waals surface area (Å²) in [6.45, 7) is 2.15. The molecule has 3 rings (SSSR count). The Morgan fingerprint density at radius 1 is 1.00 bits per heavy atom. The van der Waals surface area contributed by atoms with Gasteiger partial charge in [0.05, 0.1) is 5.69 Å². The van der Waals surface area contributed by atoms with Crippen LogP contribution >= 0.6 is 0 Å². The molecule has 0 amide bonds. The number of benzene rings is 1. The number of nitrogens with zero attached hydrogens (tertiary/aromatic N) is 2. The van der Waals surface area contributed by atoms with E-state index >= 15 is 0 Å². The molecule has 1 aliphatic rings. The summed E-state index contributed by atoms with van der Waals surface area (Å²) >= 11 is 0. The Morgan fingerprint density at radius 3 is 2.56 bits per heavy atom. The van der Waals surface area contributed by atoms with Crippen LogP contribution < -0.4 is 5.32 Å². The van der Waals surface area contributed by atoms with Crippen LogP contribution in [0.15, 0.2) is 42.6 Å². The van der Waals surface area contributed by atoms with Gasteiger partial charge in [0, 0.05) is 17.7 Å². The van der Waals surface area contributed by atoms with E-state index in [2.05, 4.69) is 22.4 Å². The normalized spacial score (nSPS) is 16.7. The Kier molecular flexibility index (Phi) is 3.33. The maximum absolute atomic E-state index is 4.73. The fourth-order valence-corrected chi connectivity index (χ4v) is 2.42. The van der Waals surface area contributed by atoms with Crippen LogP contribution in [-0.2, 0) is 0 Å². The number of rotatable bonds is 2. The van der Waals surface area contributed by atoms with Crippen molar-refractivity contribution in [3.8, 4) is 11.3 Å². The molecular formula is C15H17N3. The first-order valence-corrected chi connectivity index (χ1v) is 6.52. The van der Waals surface area contributed by atoms with Crippen molar-refractivity contribution in [1.82, 2.24) is 15.3 Å². The van der Waals surface area contributed by atoms with Crippen LogP contribution in [0.25, 0.3) is 11.3 Å². The number of hydrogen-bond donors (Lipinski definition) is 1. The molecule has 1 fully saturated rings. The van der Waals surface area contributed by atoms with Crippen molar-refractivity contribution in [2.75, 3.05) is 13.1 Å². The monoisotopic (exact) mass is 239 g/mol. The van der Waals surface area contributed by atoms with Crippen LogP contribution in [0.1, 0.15) is 24.6 Å². The lowest BCUT2D eigenvalue weighted by molar-refractivity contribution is 0.445. The molecule has 0 atom stereocenters. The van der Waals surface area contributed by atoms with Crippen molar-refractivity contribution in [2.24, 2.45) is 0 Å². The number of nitrogens with one attached hydrogen (secondary N) is 1. The topological polar surface area (TPSA) is 37.8 Å². The van der Waals surface area contributed by atoms with Crippen molar-refractivity contribution in [2.45, 2.75) is 18.8 Å². The largest absolute Gasteiger partial charge is 0.317 e. The number of hydrogen-bond acceptors (Lipinski definition) is 3. The summed E-state index contributed by atoms with van der Waals surface area (Å²) in [7, 11) is 0. The summed E-state index contributed by atoms with van der Waals surface area (Å²) in [5, 5.41) is 3.38. The zero-order chi connectivity index (χ0) is 12.2. The number of aromatic nitrogens is 2. The first-order valence-electron chi connectivity index (χ1n) is 6.52. The zero-order valence-electron chi connectivity index (χ0n) is 10.3. The number of piperidine rings is 1. The van der Waals surface area contributed by atoms with Gasteiger partial charge in [-0.25, -0.2) is 9.97 Å². The average Bonchev–Trinajstić information content (AvgIpc) is 2.49.